The maximum absolute atomic E-state index is 13.5. The van der Waals surface area contributed by atoms with Crippen molar-refractivity contribution in [2.45, 2.75) is 17.7 Å². The first kappa shape index (κ1) is 19.7. The Morgan fingerprint density at radius 1 is 1.24 bits per heavy atom. The molecule has 0 atom stereocenters. The summed E-state index contributed by atoms with van der Waals surface area (Å²) in [5, 5.41) is 1.53. The first-order valence-corrected chi connectivity index (χ1v) is 11.2. The van der Waals surface area contributed by atoms with E-state index in [0.717, 1.165) is 0 Å². The second-order valence-corrected chi connectivity index (χ2v) is 9.65. The molecule has 7 nitrogen and oxygen atoms in total. The third kappa shape index (κ3) is 3.57. The van der Waals surface area contributed by atoms with E-state index in [1.165, 1.54) is 28.5 Å². The van der Waals surface area contributed by atoms with Gasteiger partial charge < -0.3 is 10.5 Å². The molecule has 150 valence electrons. The van der Waals surface area contributed by atoms with Crippen LogP contribution in [0.4, 0.5) is 5.13 Å². The zero-order valence-corrected chi connectivity index (χ0v) is 17.6. The molecule has 4 rings (SSSR count). The Morgan fingerprint density at radius 3 is 2.79 bits per heavy atom. The number of aromatic nitrogens is 2. The lowest BCUT2D eigenvalue weighted by Gasteiger charge is -2.12. The van der Waals surface area contributed by atoms with Crippen LogP contribution >= 0.6 is 22.9 Å². The number of methoxy groups -OCH3 is 1. The number of rotatable bonds is 5. The van der Waals surface area contributed by atoms with Gasteiger partial charge in [-0.25, -0.2) is 17.4 Å². The minimum Gasteiger partial charge on any atom is -0.469 e. The molecule has 29 heavy (non-hydrogen) atoms. The topological polar surface area (TPSA) is 104 Å². The number of carbonyl (C=O) groups excluding carboxylic acids is 1. The van der Waals surface area contributed by atoms with Gasteiger partial charge in [0.25, 0.3) is 10.0 Å². The van der Waals surface area contributed by atoms with Crippen LogP contribution in [-0.2, 0) is 26.0 Å². The molecule has 0 bridgehead atoms. The van der Waals surface area contributed by atoms with Crippen molar-refractivity contribution in [2.24, 2.45) is 0 Å². The fourth-order valence-electron chi connectivity index (χ4n) is 3.20. The molecule has 4 aromatic rings. The molecule has 2 heterocycles. The lowest BCUT2D eigenvalue weighted by molar-refractivity contribution is -0.140. The number of nitrogens with two attached hydrogens (primary N) is 1. The van der Waals surface area contributed by atoms with Gasteiger partial charge >= 0.3 is 5.97 Å². The van der Waals surface area contributed by atoms with Crippen LogP contribution in [0.3, 0.4) is 0 Å². The van der Waals surface area contributed by atoms with E-state index in [0.29, 0.717) is 37.0 Å². The first-order chi connectivity index (χ1) is 13.8. The molecule has 2 aromatic heterocycles. The van der Waals surface area contributed by atoms with Crippen molar-refractivity contribution in [2.75, 3.05) is 12.8 Å². The third-order valence-corrected chi connectivity index (χ3v) is 7.36. The summed E-state index contributed by atoms with van der Waals surface area (Å²) in [7, 11) is -2.65. The predicted molar refractivity (Wildman–Crippen MR) is 114 cm³/mol. The number of nitrogen functional groups attached to an aromatic ring is 1. The molecule has 2 aromatic carbocycles. The van der Waals surface area contributed by atoms with Gasteiger partial charge in [-0.3, -0.25) is 4.79 Å². The number of hydrogen-bond acceptors (Lipinski definition) is 7. The molecule has 0 aliphatic rings. The highest BCUT2D eigenvalue weighted by atomic mass is 35.5. The number of hydrogen-bond donors (Lipinski definition) is 1. The van der Waals surface area contributed by atoms with Crippen molar-refractivity contribution in [3.63, 3.8) is 0 Å². The Hall–Kier alpha value is -2.62. The minimum absolute atomic E-state index is 0.0560. The number of ether oxygens (including phenoxy) is 1. The highest BCUT2D eigenvalue weighted by molar-refractivity contribution is 7.90. The molecule has 0 saturated heterocycles. The maximum Gasteiger partial charge on any atom is 0.305 e. The molecule has 2 N–H and O–H groups in total. The number of nitrogens with zero attached hydrogens (tertiary/aromatic N) is 2. The molecule has 0 fully saturated rings. The van der Waals surface area contributed by atoms with Crippen molar-refractivity contribution in [3.8, 4) is 0 Å². The zero-order chi connectivity index (χ0) is 20.8. The number of thiazole rings is 1. The van der Waals surface area contributed by atoms with Gasteiger partial charge in [0.2, 0.25) is 0 Å². The lowest BCUT2D eigenvalue weighted by Crippen LogP contribution is -2.16. The predicted octanol–water partition coefficient (Wildman–Crippen LogP) is 3.83. The van der Waals surface area contributed by atoms with Gasteiger partial charge in [-0.1, -0.05) is 22.9 Å². The highest BCUT2D eigenvalue weighted by Gasteiger charge is 2.24. The maximum atomic E-state index is 13.5. The molecule has 0 aliphatic carbocycles. The summed E-state index contributed by atoms with van der Waals surface area (Å²) < 4.78 is 33.7. The number of aryl methyl sites for hydroxylation is 1. The van der Waals surface area contributed by atoms with Gasteiger partial charge in [-0.2, -0.15) is 0 Å². The summed E-state index contributed by atoms with van der Waals surface area (Å²) in [6.45, 7) is 0. The third-order valence-electron chi connectivity index (χ3n) is 4.52. The monoisotopic (exact) mass is 449 g/mol. The molecule has 0 spiro atoms. The average Bonchev–Trinajstić information content (AvgIpc) is 3.24. The Bertz CT molecular complexity index is 1360. The van der Waals surface area contributed by atoms with Gasteiger partial charge in [0.1, 0.15) is 0 Å². The fraction of sp³-hybridized carbons (Fsp3) is 0.158. The second kappa shape index (κ2) is 7.33. The molecule has 0 aliphatic heterocycles. The smallest absolute Gasteiger partial charge is 0.305 e. The number of carbonyl (C=O) groups is 1. The number of fused-ring (bicyclic) bond motifs is 2. The van der Waals surface area contributed by atoms with Gasteiger partial charge in [0.05, 0.1) is 34.2 Å². The lowest BCUT2D eigenvalue weighted by atomic mass is 10.2. The number of halogens is 1. The SMILES string of the molecule is COC(=O)CCc1cc2cc(Cl)ccc2n1S(=O)(=O)c1ccc2nc(N)sc2c1. The molecular formula is C19H16ClN3O4S2. The van der Waals surface area contributed by atoms with E-state index in [4.69, 9.17) is 17.3 Å². The van der Waals surface area contributed by atoms with E-state index >= 15 is 0 Å². The van der Waals surface area contributed by atoms with Gasteiger partial charge in [0, 0.05) is 16.1 Å². The Kier molecular flexibility index (Phi) is 4.97. The molecule has 0 saturated carbocycles. The number of esters is 1. The van der Waals surface area contributed by atoms with Gasteiger partial charge in [0.15, 0.2) is 5.13 Å². The van der Waals surface area contributed by atoms with Crippen LogP contribution in [0.25, 0.3) is 21.1 Å². The summed E-state index contributed by atoms with van der Waals surface area (Å²) in [6, 6.07) is 11.4. The molecule has 0 amide bonds. The fourth-order valence-corrected chi connectivity index (χ4v) is 5.82. The Morgan fingerprint density at radius 2 is 2.03 bits per heavy atom. The van der Waals surface area contributed by atoms with Gasteiger partial charge in [-0.05, 0) is 48.9 Å². The minimum atomic E-state index is -3.94. The Labute approximate surface area is 175 Å². The van der Waals surface area contributed by atoms with Crippen molar-refractivity contribution in [3.05, 3.63) is 53.2 Å². The van der Waals surface area contributed by atoms with Crippen LogP contribution < -0.4 is 5.73 Å². The van der Waals surface area contributed by atoms with E-state index in [1.54, 1.807) is 36.4 Å². The van der Waals surface area contributed by atoms with E-state index in [-0.39, 0.29) is 17.7 Å². The van der Waals surface area contributed by atoms with Crippen molar-refractivity contribution in [1.82, 2.24) is 8.96 Å². The number of benzene rings is 2. The summed E-state index contributed by atoms with van der Waals surface area (Å²) >= 11 is 7.30. The van der Waals surface area contributed by atoms with Crippen LogP contribution in [0.1, 0.15) is 12.1 Å². The molecule has 0 unspecified atom stereocenters. The molecular weight excluding hydrogens is 434 g/mol. The zero-order valence-electron chi connectivity index (χ0n) is 15.3. The van der Waals surface area contributed by atoms with E-state index in [1.807, 2.05) is 0 Å². The van der Waals surface area contributed by atoms with Crippen molar-refractivity contribution in [1.29, 1.82) is 0 Å². The van der Waals surface area contributed by atoms with Crippen molar-refractivity contribution < 1.29 is 17.9 Å². The second-order valence-electron chi connectivity index (χ2n) is 6.37. The van der Waals surface area contributed by atoms with Crippen LogP contribution in [0.2, 0.25) is 5.02 Å². The van der Waals surface area contributed by atoms with Crippen molar-refractivity contribution >= 4 is 65.2 Å². The quantitative estimate of drug-likeness (QED) is 0.464. The molecule has 10 heteroatoms. The summed E-state index contributed by atoms with van der Waals surface area (Å²) in [6.07, 6.45) is 0.258. The summed E-state index contributed by atoms with van der Waals surface area (Å²) in [5.74, 6) is -0.418. The normalized spacial score (nSPS) is 11.9. The largest absolute Gasteiger partial charge is 0.469 e. The Balaban J connectivity index is 1.90. The van der Waals surface area contributed by atoms with E-state index in [2.05, 4.69) is 9.72 Å². The highest BCUT2D eigenvalue weighted by Crippen LogP contribution is 2.31. The summed E-state index contributed by atoms with van der Waals surface area (Å²) in [5.41, 5.74) is 7.33. The standard InChI is InChI=1S/C19H16ClN3O4S2/c1-27-18(24)7-3-13-9-11-8-12(20)2-6-16(11)23(13)29(25,26)14-4-5-15-17(10-14)28-19(21)22-15/h2,4-6,8-10H,3,7H2,1H3,(H2,21,22). The summed E-state index contributed by atoms with van der Waals surface area (Å²) in [4.78, 5) is 15.9. The van der Waals surface area contributed by atoms with E-state index < -0.39 is 16.0 Å². The van der Waals surface area contributed by atoms with Crippen LogP contribution in [0, 0.1) is 0 Å². The van der Waals surface area contributed by atoms with E-state index in [9.17, 15) is 13.2 Å². The first-order valence-electron chi connectivity index (χ1n) is 8.58. The van der Waals surface area contributed by atoms with Crippen LogP contribution in [0.5, 0.6) is 0 Å². The number of anilines is 1. The average molecular weight is 450 g/mol. The van der Waals surface area contributed by atoms with Crippen LogP contribution in [0.15, 0.2) is 47.4 Å². The molecule has 0 radical (unpaired) electrons. The van der Waals surface area contributed by atoms with Crippen LogP contribution in [-0.4, -0.2) is 30.5 Å². The van der Waals surface area contributed by atoms with Gasteiger partial charge in [-0.15, -0.1) is 0 Å².